The molecule has 0 aliphatic carbocycles. The second kappa shape index (κ2) is 8.57. The Hall–Kier alpha value is -0.506. The van der Waals surface area contributed by atoms with Gasteiger partial charge in [-0.15, -0.1) is 0 Å². The molecular weight excluding hydrogens is 289 g/mol. The van der Waals surface area contributed by atoms with Gasteiger partial charge in [0, 0.05) is 45.8 Å². The maximum atomic E-state index is 11.0. The van der Waals surface area contributed by atoms with Gasteiger partial charge in [-0.1, -0.05) is 24.3 Å². The number of benzene rings is 1. The van der Waals surface area contributed by atoms with Crippen LogP contribution >= 0.6 is 0 Å². The molecule has 0 bridgehead atoms. The smallest absolute Gasteiger partial charge is 0.243 e. The summed E-state index contributed by atoms with van der Waals surface area (Å²) in [6, 6.07) is 8.03. The summed E-state index contributed by atoms with van der Waals surface area (Å²) in [7, 11) is 7.33. The van der Waals surface area contributed by atoms with E-state index in [-0.39, 0.29) is 38.6 Å². The molecule has 1 aromatic rings. The Labute approximate surface area is 128 Å². The first kappa shape index (κ1) is 16.5. The van der Waals surface area contributed by atoms with Gasteiger partial charge >= 0.3 is 0 Å². The van der Waals surface area contributed by atoms with Gasteiger partial charge in [0.05, 0.1) is 0 Å². The van der Waals surface area contributed by atoms with Crippen LogP contribution in [0.15, 0.2) is 30.3 Å². The molecular formula is C13H17N2OY-. The Morgan fingerprint density at radius 3 is 2.47 bits per heavy atom. The fraction of sp³-hybridized carbons (Fsp3) is 0.231. The van der Waals surface area contributed by atoms with E-state index in [9.17, 15) is 4.79 Å². The van der Waals surface area contributed by atoms with Crippen molar-refractivity contribution < 1.29 is 37.5 Å². The van der Waals surface area contributed by atoms with Gasteiger partial charge in [0.15, 0.2) is 0 Å². The minimum absolute atomic E-state index is 0. The van der Waals surface area contributed by atoms with E-state index in [0.717, 1.165) is 12.1 Å². The number of nitrogens with zero attached hydrogens (tertiary/aromatic N) is 1. The first-order valence-electron chi connectivity index (χ1n) is 5.12. The molecule has 1 radical (unpaired) electrons. The predicted molar refractivity (Wildman–Crippen MR) is 66.4 cm³/mol. The number of likely N-dealkylation sites (N-methyl/N-ethyl adjacent to an activating group) is 1. The Bertz CT molecular complexity index is 372. The third-order valence-electron chi connectivity index (χ3n) is 2.11. The Kier molecular flexibility index (Phi) is 8.31. The summed E-state index contributed by atoms with van der Waals surface area (Å²) >= 11 is 0. The molecule has 0 unspecified atom stereocenters. The van der Waals surface area contributed by atoms with Gasteiger partial charge < -0.3 is 10.2 Å². The van der Waals surface area contributed by atoms with Crippen LogP contribution in [0.5, 0.6) is 0 Å². The van der Waals surface area contributed by atoms with Crippen LogP contribution in [0.3, 0.4) is 0 Å². The number of hydrogen-bond donors (Lipinski definition) is 1. The zero-order valence-electron chi connectivity index (χ0n) is 10.3. The molecule has 17 heavy (non-hydrogen) atoms. The summed E-state index contributed by atoms with van der Waals surface area (Å²) < 4.78 is 0. The third kappa shape index (κ3) is 6.72. The van der Waals surface area contributed by atoms with Crippen LogP contribution in [0.4, 0.5) is 0 Å². The van der Waals surface area contributed by atoms with E-state index in [1.165, 1.54) is 11.6 Å². The fourth-order valence-corrected chi connectivity index (χ4v) is 1.30. The minimum Gasteiger partial charge on any atom is -0.458 e. The van der Waals surface area contributed by atoms with E-state index in [0.29, 0.717) is 0 Å². The van der Waals surface area contributed by atoms with E-state index in [1.54, 1.807) is 13.1 Å². The average molecular weight is 306 g/mol. The molecule has 0 atom stereocenters. The van der Waals surface area contributed by atoms with Crippen LogP contribution in [0.2, 0.25) is 0 Å². The summed E-state index contributed by atoms with van der Waals surface area (Å²) in [6.07, 6.45) is 3.30. The van der Waals surface area contributed by atoms with Gasteiger partial charge in [0.25, 0.3) is 0 Å². The van der Waals surface area contributed by atoms with E-state index in [1.807, 2.05) is 36.2 Å². The van der Waals surface area contributed by atoms with Crippen molar-refractivity contribution in [2.75, 3.05) is 14.1 Å². The Balaban J connectivity index is 0.00000256. The van der Waals surface area contributed by atoms with Gasteiger partial charge in [0.2, 0.25) is 5.91 Å². The maximum absolute atomic E-state index is 11.0. The molecule has 0 fully saturated rings. The second-order valence-electron chi connectivity index (χ2n) is 3.70. The molecule has 1 amide bonds. The molecule has 0 aliphatic heterocycles. The topological polar surface area (TPSA) is 32.3 Å². The number of hydrogen-bond acceptors (Lipinski definition) is 2. The van der Waals surface area contributed by atoms with Gasteiger partial charge in [-0.3, -0.25) is 11.8 Å². The number of carbonyl (C=O) groups excluding carboxylic acids is 1. The number of carbonyl (C=O) groups is 1. The van der Waals surface area contributed by atoms with Crippen LogP contribution in [-0.4, -0.2) is 24.9 Å². The van der Waals surface area contributed by atoms with Crippen molar-refractivity contribution in [3.63, 3.8) is 0 Å². The molecule has 1 aromatic carbocycles. The molecule has 4 heteroatoms. The number of nitrogens with one attached hydrogen (secondary N) is 1. The molecule has 89 valence electrons. The summed E-state index contributed by atoms with van der Waals surface area (Å²) in [5, 5.41) is 2.53. The van der Waals surface area contributed by atoms with Crippen molar-refractivity contribution in [3.8, 4) is 0 Å². The fourth-order valence-electron chi connectivity index (χ4n) is 1.30. The van der Waals surface area contributed by atoms with Crippen LogP contribution in [0.1, 0.15) is 11.1 Å². The van der Waals surface area contributed by atoms with Crippen LogP contribution in [0.25, 0.3) is 6.08 Å². The van der Waals surface area contributed by atoms with Crippen molar-refractivity contribution >= 4 is 12.0 Å². The second-order valence-corrected chi connectivity index (χ2v) is 3.70. The molecule has 0 saturated heterocycles. The van der Waals surface area contributed by atoms with Crippen molar-refractivity contribution in [2.45, 2.75) is 6.54 Å². The molecule has 1 N–H and O–H groups in total. The predicted octanol–water partition coefficient (Wildman–Crippen LogP) is 1.67. The first-order valence-corrected chi connectivity index (χ1v) is 5.12. The summed E-state index contributed by atoms with van der Waals surface area (Å²) in [6.45, 7) is 0.819. The largest absolute Gasteiger partial charge is 0.458 e. The van der Waals surface area contributed by atoms with Crippen molar-refractivity contribution in [1.82, 2.24) is 10.2 Å². The van der Waals surface area contributed by atoms with E-state index in [2.05, 4.69) is 12.4 Å². The standard InChI is InChI=1S/C13H17N2O.Y/c1-14-13(16)9-8-11-4-6-12(7-5-11)10-15(2)3;/h4-9H,2,10H2,1,3H3,(H,14,16);/q-1;/b9-8+;. The SMILES string of the molecule is [CH2-]N(C)Cc1ccc(/C=C/C(=O)NC)cc1.[Y]. The van der Waals surface area contributed by atoms with Crippen LogP contribution in [0, 0.1) is 7.05 Å². The quantitative estimate of drug-likeness (QED) is 0.678. The molecule has 0 heterocycles. The average Bonchev–Trinajstić information content (AvgIpc) is 2.27. The summed E-state index contributed by atoms with van der Waals surface area (Å²) in [5.41, 5.74) is 2.22. The van der Waals surface area contributed by atoms with Gasteiger partial charge in [-0.25, -0.2) is 0 Å². The van der Waals surface area contributed by atoms with Crippen LogP contribution in [-0.2, 0) is 44.0 Å². The zero-order chi connectivity index (χ0) is 12.0. The maximum Gasteiger partial charge on any atom is 0.243 e. The minimum atomic E-state index is -0.0958. The molecule has 0 aliphatic rings. The first-order chi connectivity index (χ1) is 7.61. The summed E-state index contributed by atoms with van der Waals surface area (Å²) in [5.74, 6) is -0.0958. The molecule has 0 saturated carbocycles. The van der Waals surface area contributed by atoms with E-state index in [4.69, 9.17) is 0 Å². The molecule has 3 nitrogen and oxygen atoms in total. The van der Waals surface area contributed by atoms with Gasteiger partial charge in [-0.2, -0.15) is 0 Å². The number of rotatable bonds is 4. The normalized spacial score (nSPS) is 10.4. The summed E-state index contributed by atoms with van der Waals surface area (Å²) in [4.78, 5) is 12.9. The Morgan fingerprint density at radius 1 is 1.41 bits per heavy atom. The van der Waals surface area contributed by atoms with Crippen molar-refractivity contribution in [1.29, 1.82) is 0 Å². The molecule has 0 aromatic heterocycles. The van der Waals surface area contributed by atoms with Crippen LogP contribution < -0.4 is 5.32 Å². The zero-order valence-corrected chi connectivity index (χ0v) is 13.1. The van der Waals surface area contributed by atoms with Crippen molar-refractivity contribution in [3.05, 3.63) is 48.5 Å². The van der Waals surface area contributed by atoms with Gasteiger partial charge in [0.1, 0.15) is 0 Å². The van der Waals surface area contributed by atoms with E-state index >= 15 is 0 Å². The van der Waals surface area contributed by atoms with E-state index < -0.39 is 0 Å². The molecule has 1 rings (SSSR count). The number of amides is 1. The van der Waals surface area contributed by atoms with Crippen molar-refractivity contribution in [2.24, 2.45) is 0 Å². The monoisotopic (exact) mass is 306 g/mol. The van der Waals surface area contributed by atoms with Gasteiger partial charge in [-0.05, 0) is 30.8 Å². The third-order valence-corrected chi connectivity index (χ3v) is 2.11. The molecule has 0 spiro atoms. The Morgan fingerprint density at radius 2 is 2.00 bits per heavy atom.